The first-order valence-corrected chi connectivity index (χ1v) is 7.22. The third-order valence-electron chi connectivity index (χ3n) is 4.78. The van der Waals surface area contributed by atoms with E-state index in [9.17, 15) is 4.79 Å². The molecular weight excluding hydrogens is 257 g/mol. The van der Waals surface area contributed by atoms with Crippen LogP contribution in [-0.4, -0.2) is 16.3 Å². The molecule has 2 rings (SSSR count). The maximum absolute atomic E-state index is 12.2. The van der Waals surface area contributed by atoms with Crippen molar-refractivity contribution in [2.75, 3.05) is 0 Å². The van der Waals surface area contributed by atoms with Gasteiger partial charge in [0, 0.05) is 6.04 Å². The first-order chi connectivity index (χ1) is 7.78. The molecule has 0 aromatic rings. The van der Waals surface area contributed by atoms with Crippen LogP contribution in [0.5, 0.6) is 0 Å². The number of halogens is 2. The van der Waals surface area contributed by atoms with Crippen LogP contribution in [0.3, 0.4) is 0 Å². The van der Waals surface area contributed by atoms with Crippen LogP contribution in [0.1, 0.15) is 46.5 Å². The quantitative estimate of drug-likeness (QED) is 0.769. The average Bonchev–Trinajstić information content (AvgIpc) is 2.75. The Balaban J connectivity index is 1.95. The van der Waals surface area contributed by atoms with E-state index in [4.69, 9.17) is 23.2 Å². The van der Waals surface area contributed by atoms with E-state index in [1.807, 2.05) is 6.92 Å². The fourth-order valence-corrected chi connectivity index (χ4v) is 3.47. The van der Waals surface area contributed by atoms with Crippen molar-refractivity contribution >= 4 is 29.1 Å². The molecule has 17 heavy (non-hydrogen) atoms. The fourth-order valence-electron chi connectivity index (χ4n) is 2.76. The largest absolute Gasteiger partial charge is 0.353 e. The Bertz CT molecular complexity index is 331. The molecule has 98 valence electrons. The van der Waals surface area contributed by atoms with Crippen molar-refractivity contribution in [2.24, 2.45) is 17.3 Å². The Morgan fingerprint density at radius 2 is 1.88 bits per heavy atom. The summed E-state index contributed by atoms with van der Waals surface area (Å²) >= 11 is 12.1. The second-order valence-electron chi connectivity index (χ2n) is 6.06. The van der Waals surface area contributed by atoms with Gasteiger partial charge >= 0.3 is 0 Å². The highest BCUT2D eigenvalue weighted by atomic mass is 35.5. The summed E-state index contributed by atoms with van der Waals surface area (Å²) in [6.07, 6.45) is 4.09. The van der Waals surface area contributed by atoms with Crippen LogP contribution >= 0.6 is 23.2 Å². The van der Waals surface area contributed by atoms with Crippen LogP contribution in [-0.2, 0) is 4.79 Å². The lowest BCUT2D eigenvalue weighted by Gasteiger charge is -2.35. The van der Waals surface area contributed by atoms with E-state index in [2.05, 4.69) is 19.2 Å². The van der Waals surface area contributed by atoms with Crippen molar-refractivity contribution < 1.29 is 4.79 Å². The third kappa shape index (κ3) is 2.31. The minimum Gasteiger partial charge on any atom is -0.353 e. The normalized spacial score (nSPS) is 44.2. The lowest BCUT2D eigenvalue weighted by atomic mass is 9.78. The molecule has 1 amide bonds. The van der Waals surface area contributed by atoms with Crippen molar-refractivity contribution in [1.82, 2.24) is 5.32 Å². The Hall–Kier alpha value is 0.0500. The monoisotopic (exact) mass is 277 g/mol. The molecular formula is C13H21Cl2NO. The second-order valence-corrected chi connectivity index (χ2v) is 7.54. The molecule has 2 fully saturated rings. The molecule has 0 unspecified atom stereocenters. The molecule has 1 N–H and O–H groups in total. The zero-order valence-corrected chi connectivity index (χ0v) is 12.2. The van der Waals surface area contributed by atoms with Gasteiger partial charge in [-0.1, -0.05) is 26.7 Å². The number of hydrogen-bond acceptors (Lipinski definition) is 1. The maximum Gasteiger partial charge on any atom is 0.229 e. The molecule has 0 spiro atoms. The topological polar surface area (TPSA) is 29.1 Å². The highest BCUT2D eigenvalue weighted by molar-refractivity contribution is 6.53. The standard InChI is InChI=1S/C13H21Cl2NO/c1-8-5-4-6-10(9(8)2)16-11(17)12(3)7-13(12,14)15/h8-10H,4-7H2,1-3H3,(H,16,17)/t8-,9+,10+,12+/m0/s1. The summed E-state index contributed by atoms with van der Waals surface area (Å²) in [6, 6.07) is 0.285. The van der Waals surface area contributed by atoms with Crippen molar-refractivity contribution in [2.45, 2.75) is 56.8 Å². The number of hydrogen-bond donors (Lipinski definition) is 1. The zero-order valence-electron chi connectivity index (χ0n) is 10.7. The average molecular weight is 278 g/mol. The van der Waals surface area contributed by atoms with Crippen LogP contribution in [0.2, 0.25) is 0 Å². The van der Waals surface area contributed by atoms with Crippen molar-refractivity contribution in [3.05, 3.63) is 0 Å². The van der Waals surface area contributed by atoms with E-state index >= 15 is 0 Å². The van der Waals surface area contributed by atoms with E-state index in [0.717, 1.165) is 6.42 Å². The Morgan fingerprint density at radius 3 is 2.41 bits per heavy atom. The highest BCUT2D eigenvalue weighted by Gasteiger charge is 2.68. The van der Waals surface area contributed by atoms with Gasteiger partial charge in [0.1, 0.15) is 4.33 Å². The van der Waals surface area contributed by atoms with Crippen molar-refractivity contribution in [3.63, 3.8) is 0 Å². The van der Waals surface area contributed by atoms with Gasteiger partial charge in [-0.25, -0.2) is 0 Å². The zero-order chi connectivity index (χ0) is 12.8. The molecule has 4 heteroatoms. The van der Waals surface area contributed by atoms with Crippen LogP contribution in [0.4, 0.5) is 0 Å². The van der Waals surface area contributed by atoms with Gasteiger partial charge in [0.05, 0.1) is 5.41 Å². The molecule has 2 aliphatic rings. The summed E-state index contributed by atoms with van der Waals surface area (Å²) in [5.41, 5.74) is -0.587. The minimum atomic E-state index is -0.861. The second kappa shape index (κ2) is 4.31. The fraction of sp³-hybridized carbons (Fsp3) is 0.923. The highest BCUT2D eigenvalue weighted by Crippen LogP contribution is 2.63. The molecule has 0 aromatic carbocycles. The maximum atomic E-state index is 12.2. The van der Waals surface area contributed by atoms with E-state index in [1.54, 1.807) is 0 Å². The van der Waals surface area contributed by atoms with Crippen LogP contribution in [0, 0.1) is 17.3 Å². The predicted molar refractivity (Wildman–Crippen MR) is 71.3 cm³/mol. The third-order valence-corrected chi connectivity index (χ3v) is 5.88. The number of nitrogens with one attached hydrogen (secondary N) is 1. The van der Waals surface area contributed by atoms with E-state index < -0.39 is 9.75 Å². The first kappa shape index (κ1) is 13.5. The van der Waals surface area contributed by atoms with Gasteiger partial charge in [-0.15, -0.1) is 23.2 Å². The molecule has 2 saturated carbocycles. The van der Waals surface area contributed by atoms with Gasteiger partial charge in [-0.3, -0.25) is 4.79 Å². The van der Waals surface area contributed by atoms with Gasteiger partial charge < -0.3 is 5.32 Å². The lowest BCUT2D eigenvalue weighted by molar-refractivity contribution is -0.127. The minimum absolute atomic E-state index is 0.0217. The summed E-state index contributed by atoms with van der Waals surface area (Å²) in [5.74, 6) is 1.24. The predicted octanol–water partition coefficient (Wildman–Crippen LogP) is 3.51. The van der Waals surface area contributed by atoms with Crippen LogP contribution in [0.15, 0.2) is 0 Å². The van der Waals surface area contributed by atoms with E-state index in [-0.39, 0.29) is 11.9 Å². The van der Waals surface area contributed by atoms with E-state index in [1.165, 1.54) is 12.8 Å². The number of carbonyl (C=O) groups is 1. The Labute approximate surface area is 113 Å². The van der Waals surface area contributed by atoms with Crippen molar-refractivity contribution in [1.29, 1.82) is 0 Å². The summed E-state index contributed by atoms with van der Waals surface area (Å²) < 4.78 is -0.861. The summed E-state index contributed by atoms with van der Waals surface area (Å²) in [7, 11) is 0. The molecule has 0 bridgehead atoms. The Morgan fingerprint density at radius 1 is 1.29 bits per heavy atom. The van der Waals surface area contributed by atoms with Crippen molar-refractivity contribution in [3.8, 4) is 0 Å². The van der Waals surface area contributed by atoms with E-state index in [0.29, 0.717) is 18.3 Å². The van der Waals surface area contributed by atoms with Crippen LogP contribution < -0.4 is 5.32 Å². The molecule has 2 nitrogen and oxygen atoms in total. The van der Waals surface area contributed by atoms with Gasteiger partial charge in [0.2, 0.25) is 5.91 Å². The Kier molecular flexibility index (Phi) is 3.42. The first-order valence-electron chi connectivity index (χ1n) is 6.47. The summed E-state index contributed by atoms with van der Waals surface area (Å²) in [4.78, 5) is 12.2. The number of rotatable bonds is 2. The molecule has 4 atom stereocenters. The molecule has 0 heterocycles. The number of carbonyl (C=O) groups excluding carboxylic acids is 1. The summed E-state index contributed by atoms with van der Waals surface area (Å²) in [6.45, 7) is 6.33. The van der Waals surface area contributed by atoms with Gasteiger partial charge in [-0.05, 0) is 31.6 Å². The number of amides is 1. The molecule has 0 radical (unpaired) electrons. The molecule has 2 aliphatic carbocycles. The van der Waals surface area contributed by atoms with Gasteiger partial charge in [0.25, 0.3) is 0 Å². The van der Waals surface area contributed by atoms with Crippen LogP contribution in [0.25, 0.3) is 0 Å². The number of alkyl halides is 2. The summed E-state index contributed by atoms with van der Waals surface area (Å²) in [5, 5.41) is 3.15. The lowest BCUT2D eigenvalue weighted by Crippen LogP contribution is -2.46. The SMILES string of the molecule is C[C@@H]1[C@@H](C)CCC[C@H]1NC(=O)[C@@]1(C)CC1(Cl)Cl. The smallest absolute Gasteiger partial charge is 0.229 e. The van der Waals surface area contributed by atoms with Gasteiger partial charge in [-0.2, -0.15) is 0 Å². The van der Waals surface area contributed by atoms with Gasteiger partial charge in [0.15, 0.2) is 0 Å². The molecule has 0 aromatic heterocycles. The molecule has 0 saturated heterocycles. The molecule has 0 aliphatic heterocycles.